The van der Waals surface area contributed by atoms with Crippen molar-refractivity contribution < 1.29 is 4.92 Å². The number of rotatable bonds is 7. The third-order valence-electron chi connectivity index (χ3n) is 2.66. The minimum atomic E-state index is -0.384. The van der Waals surface area contributed by atoms with Crippen LogP contribution >= 0.6 is 11.3 Å². The molecule has 6 nitrogen and oxygen atoms in total. The first-order chi connectivity index (χ1) is 9.69. The van der Waals surface area contributed by atoms with E-state index in [-0.39, 0.29) is 10.6 Å². The van der Waals surface area contributed by atoms with Crippen LogP contribution in [0.15, 0.2) is 29.1 Å². The first kappa shape index (κ1) is 14.3. The van der Waals surface area contributed by atoms with E-state index >= 15 is 0 Å². The fraction of sp³-hybridized carbons (Fsp3) is 0.308. The number of non-ortho nitro benzene ring substituents is 1. The number of nitro groups is 1. The number of aromatic nitrogens is 1. The molecule has 0 aliphatic rings. The first-order valence-electron chi connectivity index (χ1n) is 6.33. The summed E-state index contributed by atoms with van der Waals surface area (Å²) in [5, 5.41) is 19.2. The van der Waals surface area contributed by atoms with Crippen molar-refractivity contribution in [3.63, 3.8) is 0 Å². The standard InChI is InChI=1S/C13H16N4O2S/c1-2-3-14-10-4-11(6-13(5-10)17(18)19)15-7-12-8-20-9-16-12/h4-6,8-9,14-15H,2-3,7H2,1H3. The number of nitrogens with zero attached hydrogens (tertiary/aromatic N) is 2. The highest BCUT2D eigenvalue weighted by atomic mass is 32.1. The van der Waals surface area contributed by atoms with Gasteiger partial charge in [0.2, 0.25) is 0 Å². The maximum absolute atomic E-state index is 11.0. The lowest BCUT2D eigenvalue weighted by Gasteiger charge is -2.09. The zero-order chi connectivity index (χ0) is 14.4. The molecule has 0 radical (unpaired) electrons. The molecule has 0 saturated heterocycles. The summed E-state index contributed by atoms with van der Waals surface area (Å²) in [5.41, 5.74) is 4.22. The van der Waals surface area contributed by atoms with E-state index in [4.69, 9.17) is 0 Å². The van der Waals surface area contributed by atoms with Gasteiger partial charge in [0.05, 0.1) is 22.7 Å². The highest BCUT2D eigenvalue weighted by Gasteiger charge is 2.09. The summed E-state index contributed by atoms with van der Waals surface area (Å²) in [6, 6.07) is 4.95. The van der Waals surface area contributed by atoms with Crippen LogP contribution in [-0.2, 0) is 6.54 Å². The molecule has 0 unspecified atom stereocenters. The van der Waals surface area contributed by atoms with Crippen molar-refractivity contribution in [2.75, 3.05) is 17.2 Å². The molecule has 7 heteroatoms. The van der Waals surface area contributed by atoms with Crippen molar-refractivity contribution in [1.29, 1.82) is 0 Å². The molecule has 1 aromatic heterocycles. The minimum Gasteiger partial charge on any atom is -0.385 e. The molecule has 0 bridgehead atoms. The van der Waals surface area contributed by atoms with Crippen LogP contribution in [0.3, 0.4) is 0 Å². The Kier molecular flexibility index (Phi) is 4.89. The van der Waals surface area contributed by atoms with Gasteiger partial charge < -0.3 is 10.6 Å². The normalized spacial score (nSPS) is 10.2. The number of anilines is 2. The summed E-state index contributed by atoms with van der Waals surface area (Å²) >= 11 is 1.53. The summed E-state index contributed by atoms with van der Waals surface area (Å²) in [7, 11) is 0. The fourth-order valence-electron chi connectivity index (χ4n) is 1.71. The molecule has 0 fully saturated rings. The van der Waals surface area contributed by atoms with Crippen LogP contribution < -0.4 is 10.6 Å². The SMILES string of the molecule is CCCNc1cc(NCc2cscn2)cc([N+](=O)[O-])c1. The van der Waals surface area contributed by atoms with Gasteiger partial charge in [0, 0.05) is 35.4 Å². The molecule has 2 N–H and O–H groups in total. The predicted octanol–water partition coefficient (Wildman–Crippen LogP) is 3.49. The molecule has 0 aliphatic heterocycles. The quantitative estimate of drug-likeness (QED) is 0.603. The van der Waals surface area contributed by atoms with Gasteiger partial charge in [0.1, 0.15) is 0 Å². The van der Waals surface area contributed by atoms with Crippen LogP contribution in [0, 0.1) is 10.1 Å². The van der Waals surface area contributed by atoms with Crippen molar-refractivity contribution in [3.8, 4) is 0 Å². The summed E-state index contributed by atoms with van der Waals surface area (Å²) < 4.78 is 0. The van der Waals surface area contributed by atoms with E-state index in [9.17, 15) is 10.1 Å². The molecule has 2 aromatic rings. The van der Waals surface area contributed by atoms with Gasteiger partial charge in [0.15, 0.2) is 0 Å². The number of benzene rings is 1. The molecule has 0 amide bonds. The van der Waals surface area contributed by atoms with E-state index in [0.29, 0.717) is 12.2 Å². The Hall–Kier alpha value is -2.15. The second-order valence-electron chi connectivity index (χ2n) is 4.29. The summed E-state index contributed by atoms with van der Waals surface area (Å²) in [6.07, 6.45) is 0.963. The lowest BCUT2D eigenvalue weighted by atomic mass is 10.2. The van der Waals surface area contributed by atoms with Crippen LogP contribution in [0.5, 0.6) is 0 Å². The van der Waals surface area contributed by atoms with Gasteiger partial charge in [-0.15, -0.1) is 11.3 Å². The van der Waals surface area contributed by atoms with E-state index in [0.717, 1.165) is 24.3 Å². The molecule has 0 saturated carbocycles. The Morgan fingerprint density at radius 3 is 2.65 bits per heavy atom. The van der Waals surface area contributed by atoms with Crippen molar-refractivity contribution in [1.82, 2.24) is 4.98 Å². The molecule has 1 heterocycles. The van der Waals surface area contributed by atoms with Gasteiger partial charge >= 0.3 is 0 Å². The number of hydrogen-bond donors (Lipinski definition) is 2. The zero-order valence-electron chi connectivity index (χ0n) is 11.1. The molecule has 0 aliphatic carbocycles. The Bertz CT molecular complexity index is 572. The molecule has 20 heavy (non-hydrogen) atoms. The molecule has 1 aromatic carbocycles. The largest absolute Gasteiger partial charge is 0.385 e. The Morgan fingerprint density at radius 2 is 2.05 bits per heavy atom. The third-order valence-corrected chi connectivity index (χ3v) is 3.30. The third kappa shape index (κ3) is 3.92. The second-order valence-corrected chi connectivity index (χ2v) is 5.00. The maximum Gasteiger partial charge on any atom is 0.273 e. The lowest BCUT2D eigenvalue weighted by molar-refractivity contribution is -0.384. The first-order valence-corrected chi connectivity index (χ1v) is 7.27. The highest BCUT2D eigenvalue weighted by Crippen LogP contribution is 2.24. The molecule has 2 rings (SSSR count). The van der Waals surface area contributed by atoms with Crippen molar-refractivity contribution >= 4 is 28.4 Å². The summed E-state index contributed by atoms with van der Waals surface area (Å²) in [6.45, 7) is 3.39. The summed E-state index contributed by atoms with van der Waals surface area (Å²) in [4.78, 5) is 14.7. The summed E-state index contributed by atoms with van der Waals surface area (Å²) in [5.74, 6) is 0. The van der Waals surface area contributed by atoms with Crippen molar-refractivity contribution in [2.45, 2.75) is 19.9 Å². The van der Waals surface area contributed by atoms with E-state index in [1.54, 1.807) is 11.6 Å². The number of nitro benzene ring substituents is 1. The van der Waals surface area contributed by atoms with E-state index in [1.807, 2.05) is 18.4 Å². The maximum atomic E-state index is 11.0. The molecular formula is C13H16N4O2S. The minimum absolute atomic E-state index is 0.0758. The lowest BCUT2D eigenvalue weighted by Crippen LogP contribution is -2.04. The smallest absolute Gasteiger partial charge is 0.273 e. The van der Waals surface area contributed by atoms with E-state index < -0.39 is 0 Å². The van der Waals surface area contributed by atoms with Gasteiger partial charge in [-0.25, -0.2) is 4.98 Å². The topological polar surface area (TPSA) is 80.1 Å². The zero-order valence-corrected chi connectivity index (χ0v) is 11.9. The Labute approximate surface area is 121 Å². The van der Waals surface area contributed by atoms with E-state index in [1.165, 1.54) is 17.4 Å². The van der Waals surface area contributed by atoms with Crippen LogP contribution in [0.2, 0.25) is 0 Å². The predicted molar refractivity (Wildman–Crippen MR) is 81.3 cm³/mol. The monoisotopic (exact) mass is 292 g/mol. The van der Waals surface area contributed by atoms with Gasteiger partial charge in [0.25, 0.3) is 5.69 Å². The molecule has 0 atom stereocenters. The second kappa shape index (κ2) is 6.85. The Balaban J connectivity index is 2.13. The fourth-order valence-corrected chi connectivity index (χ4v) is 2.27. The highest BCUT2D eigenvalue weighted by molar-refractivity contribution is 7.07. The van der Waals surface area contributed by atoms with Gasteiger partial charge in [-0.1, -0.05) is 6.92 Å². The van der Waals surface area contributed by atoms with Crippen LogP contribution in [-0.4, -0.2) is 16.5 Å². The van der Waals surface area contributed by atoms with Gasteiger partial charge in [-0.3, -0.25) is 10.1 Å². The van der Waals surface area contributed by atoms with Crippen LogP contribution in [0.1, 0.15) is 19.0 Å². The van der Waals surface area contributed by atoms with Crippen LogP contribution in [0.25, 0.3) is 0 Å². The average Bonchev–Trinajstić information content (AvgIpc) is 2.96. The van der Waals surface area contributed by atoms with Crippen molar-refractivity contribution in [3.05, 3.63) is 44.9 Å². The van der Waals surface area contributed by atoms with Gasteiger partial charge in [-0.05, 0) is 12.5 Å². The molecular weight excluding hydrogens is 276 g/mol. The van der Waals surface area contributed by atoms with E-state index in [2.05, 4.69) is 15.6 Å². The van der Waals surface area contributed by atoms with Crippen LogP contribution in [0.4, 0.5) is 17.1 Å². The average molecular weight is 292 g/mol. The Morgan fingerprint density at radius 1 is 1.30 bits per heavy atom. The van der Waals surface area contributed by atoms with Crippen molar-refractivity contribution in [2.24, 2.45) is 0 Å². The number of thiazole rings is 1. The van der Waals surface area contributed by atoms with Gasteiger partial charge in [-0.2, -0.15) is 0 Å². The molecule has 0 spiro atoms. The number of hydrogen-bond acceptors (Lipinski definition) is 6. The molecule has 106 valence electrons. The number of nitrogens with one attached hydrogen (secondary N) is 2.